The summed E-state index contributed by atoms with van der Waals surface area (Å²) in [5.74, 6) is 1.07. The smallest absolute Gasteiger partial charge is 0.226 e. The fraction of sp³-hybridized carbons (Fsp3) is 0.294. The number of rotatable bonds is 7. The number of hydrogen-bond donors (Lipinski definition) is 2. The van der Waals surface area contributed by atoms with Crippen molar-refractivity contribution in [1.82, 2.24) is 19.9 Å². The van der Waals surface area contributed by atoms with Gasteiger partial charge in [0, 0.05) is 43.4 Å². The molecule has 130 valence electrons. The minimum absolute atomic E-state index is 0.491. The summed E-state index contributed by atoms with van der Waals surface area (Å²) in [7, 11) is 1.68. The molecule has 0 saturated heterocycles. The number of hydrogen-bond acceptors (Lipinski definition) is 7. The number of aromatic nitrogens is 4. The molecule has 0 atom stereocenters. The zero-order valence-corrected chi connectivity index (χ0v) is 14.8. The number of nitrogens with one attached hydrogen (secondary N) is 2. The third-order valence-corrected chi connectivity index (χ3v) is 3.98. The first-order chi connectivity index (χ1) is 12.2. The van der Waals surface area contributed by atoms with Crippen LogP contribution in [0.5, 0.6) is 0 Å². The molecule has 0 aliphatic rings. The van der Waals surface area contributed by atoms with Crippen molar-refractivity contribution in [3.63, 3.8) is 0 Å². The van der Waals surface area contributed by atoms with Gasteiger partial charge in [-0.3, -0.25) is 0 Å². The van der Waals surface area contributed by atoms with E-state index in [2.05, 4.69) is 30.6 Å². The lowest BCUT2D eigenvalue weighted by Crippen LogP contribution is -2.09. The van der Waals surface area contributed by atoms with Crippen LogP contribution in [0.2, 0.25) is 5.02 Å². The van der Waals surface area contributed by atoms with E-state index in [1.807, 2.05) is 25.1 Å². The lowest BCUT2D eigenvalue weighted by molar-refractivity contribution is 0.197. The third-order valence-electron chi connectivity index (χ3n) is 3.58. The minimum Gasteiger partial charge on any atom is -0.385 e. The van der Waals surface area contributed by atoms with Crippen LogP contribution in [0.25, 0.3) is 11.2 Å². The quantitative estimate of drug-likeness (QED) is 0.624. The molecule has 0 amide bonds. The standard InChI is InChI=1S/C17H19ClN6O/c1-11-4-5-12(10-13(11)18)22-16-14-15(20-8-7-19-14)23-17(24-16)21-6-3-9-25-2/h4-5,7-8,10H,3,6,9H2,1-2H3,(H2,20,21,22,23,24). The summed E-state index contributed by atoms with van der Waals surface area (Å²) in [6.07, 6.45) is 4.08. The molecule has 2 N–H and O–H groups in total. The summed E-state index contributed by atoms with van der Waals surface area (Å²) >= 11 is 6.20. The Morgan fingerprint density at radius 1 is 1.16 bits per heavy atom. The second-order valence-corrected chi connectivity index (χ2v) is 5.89. The molecule has 3 rings (SSSR count). The topological polar surface area (TPSA) is 84.9 Å². The summed E-state index contributed by atoms with van der Waals surface area (Å²) in [4.78, 5) is 17.5. The van der Waals surface area contributed by atoms with Gasteiger partial charge in [0.25, 0.3) is 0 Å². The fourth-order valence-electron chi connectivity index (χ4n) is 2.25. The zero-order valence-electron chi connectivity index (χ0n) is 14.1. The molecular formula is C17H19ClN6O. The van der Waals surface area contributed by atoms with Gasteiger partial charge in [-0.15, -0.1) is 0 Å². The molecule has 0 saturated carbocycles. The molecule has 0 unspecified atom stereocenters. The normalized spacial score (nSPS) is 10.8. The van der Waals surface area contributed by atoms with E-state index in [-0.39, 0.29) is 0 Å². The Kier molecular flexibility index (Phi) is 5.57. The van der Waals surface area contributed by atoms with Crippen molar-refractivity contribution in [2.24, 2.45) is 0 Å². The molecule has 0 fully saturated rings. The van der Waals surface area contributed by atoms with E-state index < -0.39 is 0 Å². The van der Waals surface area contributed by atoms with E-state index in [1.165, 1.54) is 0 Å². The summed E-state index contributed by atoms with van der Waals surface area (Å²) in [5.41, 5.74) is 2.96. The maximum absolute atomic E-state index is 6.20. The predicted molar refractivity (Wildman–Crippen MR) is 99.6 cm³/mol. The number of benzene rings is 1. The van der Waals surface area contributed by atoms with E-state index in [1.54, 1.807) is 19.5 Å². The van der Waals surface area contributed by atoms with Gasteiger partial charge < -0.3 is 15.4 Å². The van der Waals surface area contributed by atoms with E-state index in [4.69, 9.17) is 16.3 Å². The molecule has 2 aromatic heterocycles. The molecule has 0 bridgehead atoms. The molecule has 3 aromatic rings. The molecular weight excluding hydrogens is 340 g/mol. The molecule has 8 heteroatoms. The average molecular weight is 359 g/mol. The fourth-order valence-corrected chi connectivity index (χ4v) is 2.43. The largest absolute Gasteiger partial charge is 0.385 e. The first-order valence-corrected chi connectivity index (χ1v) is 8.30. The Morgan fingerprint density at radius 2 is 2.00 bits per heavy atom. The van der Waals surface area contributed by atoms with Gasteiger partial charge in [-0.1, -0.05) is 17.7 Å². The molecule has 25 heavy (non-hydrogen) atoms. The minimum atomic E-state index is 0.491. The lowest BCUT2D eigenvalue weighted by Gasteiger charge is -2.11. The van der Waals surface area contributed by atoms with Crippen LogP contribution in [0.1, 0.15) is 12.0 Å². The van der Waals surface area contributed by atoms with Crippen LogP contribution in [-0.2, 0) is 4.74 Å². The van der Waals surface area contributed by atoms with Crippen molar-refractivity contribution in [2.75, 3.05) is 30.9 Å². The van der Waals surface area contributed by atoms with Gasteiger partial charge in [-0.05, 0) is 31.0 Å². The van der Waals surface area contributed by atoms with Crippen LogP contribution in [0, 0.1) is 6.92 Å². The highest BCUT2D eigenvalue weighted by molar-refractivity contribution is 6.31. The number of fused-ring (bicyclic) bond motifs is 1. The maximum atomic E-state index is 6.20. The van der Waals surface area contributed by atoms with Gasteiger partial charge in [0.15, 0.2) is 17.0 Å². The van der Waals surface area contributed by atoms with Crippen LogP contribution in [0.4, 0.5) is 17.5 Å². The van der Waals surface area contributed by atoms with Crippen molar-refractivity contribution in [1.29, 1.82) is 0 Å². The molecule has 0 aliphatic carbocycles. The molecule has 2 heterocycles. The molecule has 1 aromatic carbocycles. The number of ether oxygens (including phenoxy) is 1. The van der Waals surface area contributed by atoms with Crippen molar-refractivity contribution >= 4 is 40.2 Å². The van der Waals surface area contributed by atoms with Crippen LogP contribution in [-0.4, -0.2) is 40.2 Å². The summed E-state index contributed by atoms with van der Waals surface area (Å²) in [5, 5.41) is 7.12. The Bertz CT molecular complexity index is 873. The van der Waals surface area contributed by atoms with E-state index in [0.29, 0.717) is 41.1 Å². The lowest BCUT2D eigenvalue weighted by atomic mass is 10.2. The van der Waals surface area contributed by atoms with Gasteiger partial charge >= 0.3 is 0 Å². The van der Waals surface area contributed by atoms with Crippen LogP contribution in [0.15, 0.2) is 30.6 Å². The zero-order chi connectivity index (χ0) is 17.6. The Hall–Kier alpha value is -2.51. The van der Waals surface area contributed by atoms with Crippen molar-refractivity contribution in [2.45, 2.75) is 13.3 Å². The second-order valence-electron chi connectivity index (χ2n) is 5.49. The summed E-state index contributed by atoms with van der Waals surface area (Å²) in [6, 6.07) is 5.74. The first kappa shape index (κ1) is 17.3. The van der Waals surface area contributed by atoms with Gasteiger partial charge in [0.1, 0.15) is 0 Å². The van der Waals surface area contributed by atoms with Crippen molar-refractivity contribution < 1.29 is 4.74 Å². The molecule has 7 nitrogen and oxygen atoms in total. The average Bonchev–Trinajstić information content (AvgIpc) is 2.62. The number of aryl methyl sites for hydroxylation is 1. The van der Waals surface area contributed by atoms with Gasteiger partial charge in [0.2, 0.25) is 5.95 Å². The summed E-state index contributed by atoms with van der Waals surface area (Å²) in [6.45, 7) is 3.34. The number of anilines is 3. The highest BCUT2D eigenvalue weighted by Crippen LogP contribution is 2.25. The highest BCUT2D eigenvalue weighted by atomic mass is 35.5. The van der Waals surface area contributed by atoms with E-state index >= 15 is 0 Å². The van der Waals surface area contributed by atoms with Crippen LogP contribution >= 0.6 is 11.6 Å². The monoisotopic (exact) mass is 358 g/mol. The highest BCUT2D eigenvalue weighted by Gasteiger charge is 2.10. The Balaban J connectivity index is 1.90. The third kappa shape index (κ3) is 4.32. The number of methoxy groups -OCH3 is 1. The van der Waals surface area contributed by atoms with E-state index in [0.717, 1.165) is 17.7 Å². The number of halogens is 1. The van der Waals surface area contributed by atoms with Gasteiger partial charge in [-0.25, -0.2) is 9.97 Å². The molecule has 0 aliphatic heterocycles. The van der Waals surface area contributed by atoms with Crippen LogP contribution in [0.3, 0.4) is 0 Å². The predicted octanol–water partition coefficient (Wildman–Crippen LogP) is 3.57. The van der Waals surface area contributed by atoms with Crippen molar-refractivity contribution in [3.8, 4) is 0 Å². The van der Waals surface area contributed by atoms with Gasteiger partial charge in [-0.2, -0.15) is 9.97 Å². The summed E-state index contributed by atoms with van der Waals surface area (Å²) < 4.78 is 5.05. The maximum Gasteiger partial charge on any atom is 0.226 e. The number of nitrogens with zero attached hydrogens (tertiary/aromatic N) is 4. The molecule has 0 spiro atoms. The van der Waals surface area contributed by atoms with Crippen LogP contribution < -0.4 is 10.6 Å². The first-order valence-electron chi connectivity index (χ1n) is 7.92. The van der Waals surface area contributed by atoms with E-state index in [9.17, 15) is 0 Å². The Labute approximate surface area is 150 Å². The Morgan fingerprint density at radius 3 is 2.80 bits per heavy atom. The second kappa shape index (κ2) is 8.04. The molecule has 0 radical (unpaired) electrons. The SMILES string of the molecule is COCCCNc1nc(Nc2ccc(C)c(Cl)c2)c2nccnc2n1. The van der Waals surface area contributed by atoms with Crippen molar-refractivity contribution in [3.05, 3.63) is 41.2 Å². The van der Waals surface area contributed by atoms with Gasteiger partial charge in [0.05, 0.1) is 0 Å².